The average molecular weight is 279 g/mol. The maximum absolute atomic E-state index is 10.2. The summed E-state index contributed by atoms with van der Waals surface area (Å²) in [5.74, 6) is 0. The summed E-state index contributed by atoms with van der Waals surface area (Å²) in [7, 11) is 0. The topological polar surface area (TPSA) is 52.9 Å². The molecule has 1 aliphatic heterocycles. The quantitative estimate of drug-likeness (QED) is 0.886. The summed E-state index contributed by atoms with van der Waals surface area (Å²) < 4.78 is 5.85. The third-order valence-corrected chi connectivity index (χ3v) is 3.71. The van der Waals surface area contributed by atoms with E-state index in [-0.39, 0.29) is 18.3 Å². The number of benzene rings is 1. The second-order valence-electron chi connectivity index (χ2n) is 6.05. The van der Waals surface area contributed by atoms with Crippen LogP contribution in [0.15, 0.2) is 24.3 Å². The second-order valence-corrected chi connectivity index (χ2v) is 6.05. The molecule has 0 aliphatic carbocycles. The van der Waals surface area contributed by atoms with Gasteiger partial charge in [-0.1, -0.05) is 25.1 Å². The van der Waals surface area contributed by atoms with E-state index in [0.717, 1.165) is 17.8 Å². The van der Waals surface area contributed by atoms with Gasteiger partial charge in [0.05, 0.1) is 24.4 Å². The Morgan fingerprint density at radius 2 is 2.10 bits per heavy atom. The number of para-hydroxylation sites is 1. The number of ether oxygens (including phenoxy) is 1. The van der Waals surface area contributed by atoms with Gasteiger partial charge in [-0.05, 0) is 26.3 Å². The molecule has 0 radical (unpaired) electrons. The van der Waals surface area contributed by atoms with Crippen molar-refractivity contribution in [1.29, 1.82) is 0 Å². The highest BCUT2D eigenvalue weighted by Crippen LogP contribution is 2.32. The molecule has 112 valence electrons. The molecule has 2 rings (SSSR count). The molecule has 4 heteroatoms. The van der Waals surface area contributed by atoms with Gasteiger partial charge in [-0.25, -0.2) is 0 Å². The minimum absolute atomic E-state index is 0.0123. The van der Waals surface area contributed by atoms with Gasteiger partial charge in [-0.2, -0.15) is 0 Å². The summed E-state index contributed by atoms with van der Waals surface area (Å²) >= 11 is 0. The lowest BCUT2D eigenvalue weighted by Gasteiger charge is -2.44. The molecule has 0 amide bonds. The van der Waals surface area contributed by atoms with E-state index < -0.39 is 6.10 Å². The number of hydrogen-bond acceptors (Lipinski definition) is 4. The lowest BCUT2D eigenvalue weighted by atomic mass is 10.00. The van der Waals surface area contributed by atoms with Crippen LogP contribution in [0.3, 0.4) is 0 Å². The normalized spacial score (nSPS) is 23.6. The Morgan fingerprint density at radius 3 is 2.75 bits per heavy atom. The Kier molecular flexibility index (Phi) is 4.68. The summed E-state index contributed by atoms with van der Waals surface area (Å²) in [6, 6.07) is 7.94. The largest absolute Gasteiger partial charge is 0.394 e. The molecule has 0 spiro atoms. The molecule has 1 saturated heterocycles. The van der Waals surface area contributed by atoms with E-state index >= 15 is 0 Å². The van der Waals surface area contributed by atoms with Gasteiger partial charge >= 0.3 is 0 Å². The molecule has 2 atom stereocenters. The van der Waals surface area contributed by atoms with Crippen LogP contribution in [-0.2, 0) is 4.74 Å². The Hall–Kier alpha value is -1.10. The van der Waals surface area contributed by atoms with Crippen LogP contribution < -0.4 is 4.90 Å². The fourth-order valence-corrected chi connectivity index (χ4v) is 2.85. The number of aliphatic hydroxyl groups excluding tert-OH is 2. The predicted molar refractivity (Wildman–Crippen MR) is 79.9 cm³/mol. The Bertz CT molecular complexity index is 447. The minimum atomic E-state index is -0.454. The first kappa shape index (κ1) is 15.3. The van der Waals surface area contributed by atoms with Crippen molar-refractivity contribution >= 4 is 5.69 Å². The maximum atomic E-state index is 10.2. The van der Waals surface area contributed by atoms with E-state index in [9.17, 15) is 10.2 Å². The van der Waals surface area contributed by atoms with Gasteiger partial charge < -0.3 is 19.8 Å². The van der Waals surface area contributed by atoms with Crippen molar-refractivity contribution in [3.63, 3.8) is 0 Å². The summed E-state index contributed by atoms with van der Waals surface area (Å²) in [6.45, 7) is 7.44. The van der Waals surface area contributed by atoms with Gasteiger partial charge in [0.25, 0.3) is 0 Å². The fourth-order valence-electron chi connectivity index (χ4n) is 2.85. The molecule has 2 unspecified atom stereocenters. The number of aliphatic hydroxyl groups is 2. The first-order valence-electron chi connectivity index (χ1n) is 7.27. The highest BCUT2D eigenvalue weighted by atomic mass is 16.5. The third kappa shape index (κ3) is 3.32. The van der Waals surface area contributed by atoms with Crippen LogP contribution in [0.2, 0.25) is 0 Å². The van der Waals surface area contributed by atoms with Crippen molar-refractivity contribution in [3.8, 4) is 0 Å². The van der Waals surface area contributed by atoms with E-state index in [0.29, 0.717) is 13.0 Å². The molecule has 4 nitrogen and oxygen atoms in total. The number of hydrogen-bond donors (Lipinski definition) is 2. The Balaban J connectivity index is 2.30. The summed E-state index contributed by atoms with van der Waals surface area (Å²) in [4.78, 5) is 2.21. The summed E-state index contributed by atoms with van der Waals surface area (Å²) in [6.07, 6.45) is 0.0454. The first-order chi connectivity index (χ1) is 9.46. The Labute approximate surface area is 121 Å². The van der Waals surface area contributed by atoms with Crippen LogP contribution in [0.25, 0.3) is 0 Å². The number of morpholine rings is 1. The number of anilines is 1. The van der Waals surface area contributed by atoms with Crippen LogP contribution in [0.4, 0.5) is 5.69 Å². The van der Waals surface area contributed by atoms with Gasteiger partial charge in [-0.3, -0.25) is 0 Å². The molecular weight excluding hydrogens is 254 g/mol. The van der Waals surface area contributed by atoms with E-state index in [1.807, 2.05) is 45.0 Å². The van der Waals surface area contributed by atoms with Gasteiger partial charge in [0, 0.05) is 24.3 Å². The molecule has 0 aromatic heterocycles. The molecule has 0 saturated carbocycles. The van der Waals surface area contributed by atoms with Crippen molar-refractivity contribution in [3.05, 3.63) is 29.8 Å². The zero-order chi connectivity index (χ0) is 14.8. The molecule has 20 heavy (non-hydrogen) atoms. The van der Waals surface area contributed by atoms with E-state index in [1.54, 1.807) is 0 Å². The van der Waals surface area contributed by atoms with Crippen LogP contribution in [0.5, 0.6) is 0 Å². The third-order valence-electron chi connectivity index (χ3n) is 3.71. The van der Waals surface area contributed by atoms with Crippen molar-refractivity contribution in [2.45, 2.75) is 45.0 Å². The van der Waals surface area contributed by atoms with Crippen LogP contribution in [-0.4, -0.2) is 41.6 Å². The van der Waals surface area contributed by atoms with E-state index in [2.05, 4.69) is 4.90 Å². The molecular formula is C16H25NO3. The molecule has 1 aromatic rings. The second kappa shape index (κ2) is 6.12. The van der Waals surface area contributed by atoms with Crippen molar-refractivity contribution in [2.24, 2.45) is 0 Å². The molecule has 2 N–H and O–H groups in total. The highest BCUT2D eigenvalue weighted by Gasteiger charge is 2.34. The van der Waals surface area contributed by atoms with Gasteiger partial charge in [0.15, 0.2) is 0 Å². The van der Waals surface area contributed by atoms with Crippen LogP contribution >= 0.6 is 0 Å². The Morgan fingerprint density at radius 1 is 1.40 bits per heavy atom. The minimum Gasteiger partial charge on any atom is -0.394 e. The average Bonchev–Trinajstić information content (AvgIpc) is 2.44. The lowest BCUT2D eigenvalue weighted by molar-refractivity contribution is -0.101. The van der Waals surface area contributed by atoms with Crippen molar-refractivity contribution in [2.75, 3.05) is 24.6 Å². The van der Waals surface area contributed by atoms with Gasteiger partial charge in [0.1, 0.15) is 0 Å². The monoisotopic (exact) mass is 279 g/mol. The highest BCUT2D eigenvalue weighted by molar-refractivity contribution is 5.55. The standard InChI is InChI=1S/C16H25NO3/c1-4-15(19)13-7-5-6-8-14(13)17-9-12(10-18)20-16(2,3)11-17/h5-8,12,15,18-19H,4,9-11H2,1-3H3. The fraction of sp³-hybridized carbons (Fsp3) is 0.625. The zero-order valence-corrected chi connectivity index (χ0v) is 12.5. The summed E-state index contributed by atoms with van der Waals surface area (Å²) in [5, 5.41) is 19.6. The van der Waals surface area contributed by atoms with Crippen LogP contribution in [0, 0.1) is 0 Å². The van der Waals surface area contributed by atoms with Gasteiger partial charge in [-0.15, -0.1) is 0 Å². The maximum Gasteiger partial charge on any atom is 0.0988 e. The SMILES string of the molecule is CCC(O)c1ccccc1N1CC(CO)OC(C)(C)C1. The van der Waals surface area contributed by atoms with Crippen LogP contribution in [0.1, 0.15) is 38.9 Å². The smallest absolute Gasteiger partial charge is 0.0988 e. The van der Waals surface area contributed by atoms with Crippen molar-refractivity contribution < 1.29 is 14.9 Å². The molecule has 1 aliphatic rings. The molecule has 1 aromatic carbocycles. The zero-order valence-electron chi connectivity index (χ0n) is 12.5. The lowest BCUT2D eigenvalue weighted by Crippen LogP contribution is -2.54. The molecule has 1 fully saturated rings. The van der Waals surface area contributed by atoms with E-state index in [1.165, 1.54) is 0 Å². The molecule has 1 heterocycles. The number of rotatable bonds is 4. The molecule has 0 bridgehead atoms. The predicted octanol–water partition coefficient (Wildman–Crippen LogP) is 2.11. The summed E-state index contributed by atoms with van der Waals surface area (Å²) in [5.41, 5.74) is 1.68. The van der Waals surface area contributed by atoms with Crippen molar-refractivity contribution in [1.82, 2.24) is 0 Å². The van der Waals surface area contributed by atoms with E-state index in [4.69, 9.17) is 4.74 Å². The first-order valence-corrected chi connectivity index (χ1v) is 7.27. The van der Waals surface area contributed by atoms with Gasteiger partial charge in [0.2, 0.25) is 0 Å². The number of nitrogens with zero attached hydrogens (tertiary/aromatic N) is 1.